The summed E-state index contributed by atoms with van der Waals surface area (Å²) in [5, 5.41) is 2.83. The van der Waals surface area contributed by atoms with Crippen LogP contribution in [0.1, 0.15) is 13.8 Å². The van der Waals surface area contributed by atoms with Crippen LogP contribution in [0.15, 0.2) is 36.7 Å². The smallest absolute Gasteiger partial charge is 0.317 e. The van der Waals surface area contributed by atoms with Gasteiger partial charge in [-0.05, 0) is 26.0 Å². The molecule has 1 aromatic carbocycles. The molecule has 2 aromatic rings. The van der Waals surface area contributed by atoms with Crippen LogP contribution < -0.4 is 15.0 Å². The summed E-state index contributed by atoms with van der Waals surface area (Å²) in [5.41, 5.74) is 0. The molecule has 1 unspecified atom stereocenters. The largest absolute Gasteiger partial charge is 0.436 e. The van der Waals surface area contributed by atoms with E-state index >= 15 is 0 Å². The van der Waals surface area contributed by atoms with Crippen molar-refractivity contribution in [3.63, 3.8) is 0 Å². The first kappa shape index (κ1) is 17.9. The number of nitrogens with one attached hydrogen (secondary N) is 1. The SMILES string of the molecule is CCNC(=O)N1CCN(c2cc(Oc3ccccc3F)ncn2)CC1C. The number of anilines is 1. The third kappa shape index (κ3) is 4.01. The molecule has 0 aliphatic carbocycles. The highest BCUT2D eigenvalue weighted by Gasteiger charge is 2.28. The third-order valence-corrected chi connectivity index (χ3v) is 4.22. The molecule has 0 radical (unpaired) electrons. The second-order valence-corrected chi connectivity index (χ2v) is 6.07. The normalized spacial score (nSPS) is 17.1. The average Bonchev–Trinajstić information content (AvgIpc) is 2.64. The zero-order valence-electron chi connectivity index (χ0n) is 14.9. The predicted octanol–water partition coefficient (Wildman–Crippen LogP) is 2.65. The van der Waals surface area contributed by atoms with Gasteiger partial charge in [0.05, 0.1) is 0 Å². The molecule has 2 heterocycles. The number of halogens is 1. The van der Waals surface area contributed by atoms with Crippen molar-refractivity contribution in [2.75, 3.05) is 31.1 Å². The van der Waals surface area contributed by atoms with E-state index in [-0.39, 0.29) is 23.7 Å². The lowest BCUT2D eigenvalue weighted by Gasteiger charge is -2.40. The molecule has 2 amide bonds. The van der Waals surface area contributed by atoms with E-state index in [4.69, 9.17) is 4.74 Å². The molecule has 1 N–H and O–H groups in total. The molecule has 1 fully saturated rings. The molecule has 1 aliphatic rings. The maximum Gasteiger partial charge on any atom is 0.317 e. The fourth-order valence-corrected chi connectivity index (χ4v) is 2.92. The minimum absolute atomic E-state index is 0.0428. The number of piperazine rings is 1. The number of aromatic nitrogens is 2. The van der Waals surface area contributed by atoms with Gasteiger partial charge in [0, 0.05) is 38.3 Å². The Morgan fingerprint density at radius 3 is 2.88 bits per heavy atom. The van der Waals surface area contributed by atoms with Gasteiger partial charge < -0.3 is 19.9 Å². The highest BCUT2D eigenvalue weighted by molar-refractivity contribution is 5.74. The summed E-state index contributed by atoms with van der Waals surface area (Å²) in [5.74, 6) is 0.635. The minimum Gasteiger partial charge on any atom is -0.436 e. The quantitative estimate of drug-likeness (QED) is 0.909. The Hall–Kier alpha value is -2.90. The monoisotopic (exact) mass is 359 g/mol. The van der Waals surface area contributed by atoms with Crippen molar-refractivity contribution in [1.29, 1.82) is 0 Å². The molecule has 7 nitrogen and oxygen atoms in total. The van der Waals surface area contributed by atoms with E-state index in [1.54, 1.807) is 24.3 Å². The average molecular weight is 359 g/mol. The van der Waals surface area contributed by atoms with Crippen molar-refractivity contribution in [2.24, 2.45) is 0 Å². The molecule has 8 heteroatoms. The van der Waals surface area contributed by atoms with Crippen LogP contribution in [-0.2, 0) is 0 Å². The van der Waals surface area contributed by atoms with Crippen molar-refractivity contribution in [3.05, 3.63) is 42.5 Å². The van der Waals surface area contributed by atoms with Crippen molar-refractivity contribution in [1.82, 2.24) is 20.2 Å². The maximum atomic E-state index is 13.7. The first-order chi connectivity index (χ1) is 12.6. The molecule has 0 saturated carbocycles. The van der Waals surface area contributed by atoms with Crippen LogP contribution >= 0.6 is 0 Å². The van der Waals surface area contributed by atoms with E-state index < -0.39 is 5.82 Å². The van der Waals surface area contributed by atoms with Gasteiger partial charge in [-0.15, -0.1) is 0 Å². The lowest BCUT2D eigenvalue weighted by molar-refractivity contribution is 0.172. The molecule has 0 spiro atoms. The Labute approximate surface area is 151 Å². The number of rotatable bonds is 4. The van der Waals surface area contributed by atoms with Crippen LogP contribution in [0.4, 0.5) is 15.0 Å². The number of ether oxygens (including phenoxy) is 1. The van der Waals surface area contributed by atoms with Crippen LogP contribution in [0.5, 0.6) is 11.6 Å². The summed E-state index contributed by atoms with van der Waals surface area (Å²) in [6, 6.07) is 7.85. The number of para-hydroxylation sites is 1. The zero-order chi connectivity index (χ0) is 18.5. The van der Waals surface area contributed by atoms with E-state index in [1.807, 2.05) is 18.7 Å². The van der Waals surface area contributed by atoms with Crippen LogP contribution in [0, 0.1) is 5.82 Å². The number of benzene rings is 1. The van der Waals surface area contributed by atoms with Gasteiger partial charge in [-0.25, -0.2) is 19.2 Å². The highest BCUT2D eigenvalue weighted by Crippen LogP contribution is 2.25. The van der Waals surface area contributed by atoms with Gasteiger partial charge in [-0.2, -0.15) is 0 Å². The van der Waals surface area contributed by atoms with E-state index in [1.165, 1.54) is 12.4 Å². The molecular weight excluding hydrogens is 337 g/mol. The van der Waals surface area contributed by atoms with Gasteiger partial charge >= 0.3 is 6.03 Å². The number of hydrogen-bond donors (Lipinski definition) is 1. The predicted molar refractivity (Wildman–Crippen MR) is 96.0 cm³/mol. The van der Waals surface area contributed by atoms with Gasteiger partial charge in [0.1, 0.15) is 12.1 Å². The van der Waals surface area contributed by atoms with Gasteiger partial charge in [0.25, 0.3) is 0 Å². The maximum absolute atomic E-state index is 13.7. The Morgan fingerprint density at radius 1 is 1.35 bits per heavy atom. The fraction of sp³-hybridized carbons (Fsp3) is 0.389. The van der Waals surface area contributed by atoms with Gasteiger partial charge in [0.15, 0.2) is 11.6 Å². The molecule has 26 heavy (non-hydrogen) atoms. The molecule has 0 bridgehead atoms. The second kappa shape index (κ2) is 7.99. The van der Waals surface area contributed by atoms with Crippen molar-refractivity contribution >= 4 is 11.8 Å². The molecule has 138 valence electrons. The summed E-state index contributed by atoms with van der Waals surface area (Å²) in [4.78, 5) is 24.3. The molecule has 1 aliphatic heterocycles. The van der Waals surface area contributed by atoms with E-state index in [9.17, 15) is 9.18 Å². The Kier molecular flexibility index (Phi) is 5.50. The standard InChI is InChI=1S/C18H22FN5O2/c1-3-20-18(25)24-9-8-23(11-13(24)2)16-10-17(22-12-21-16)26-15-7-5-4-6-14(15)19/h4-7,10,12-13H,3,8-9,11H2,1-2H3,(H,20,25). The Morgan fingerprint density at radius 2 is 2.15 bits per heavy atom. The lowest BCUT2D eigenvalue weighted by Crippen LogP contribution is -2.56. The Bertz CT molecular complexity index is 773. The molecular formula is C18H22FN5O2. The van der Waals surface area contributed by atoms with Gasteiger partial charge in [0.2, 0.25) is 5.88 Å². The van der Waals surface area contributed by atoms with Crippen LogP contribution in [0.25, 0.3) is 0 Å². The van der Waals surface area contributed by atoms with E-state index in [0.717, 1.165) is 0 Å². The lowest BCUT2D eigenvalue weighted by atomic mass is 10.2. The number of hydrogen-bond acceptors (Lipinski definition) is 5. The van der Waals surface area contributed by atoms with E-state index in [0.29, 0.717) is 32.0 Å². The van der Waals surface area contributed by atoms with Crippen molar-refractivity contribution in [2.45, 2.75) is 19.9 Å². The minimum atomic E-state index is -0.447. The number of urea groups is 1. The van der Waals surface area contributed by atoms with Crippen LogP contribution in [-0.4, -0.2) is 53.1 Å². The third-order valence-electron chi connectivity index (χ3n) is 4.22. The van der Waals surface area contributed by atoms with Gasteiger partial charge in [-0.3, -0.25) is 0 Å². The first-order valence-corrected chi connectivity index (χ1v) is 8.62. The van der Waals surface area contributed by atoms with Crippen LogP contribution in [0.3, 0.4) is 0 Å². The summed E-state index contributed by atoms with van der Waals surface area (Å²) >= 11 is 0. The van der Waals surface area contributed by atoms with Crippen molar-refractivity contribution < 1.29 is 13.9 Å². The summed E-state index contributed by atoms with van der Waals surface area (Å²) in [6.45, 7) is 6.40. The molecule has 1 aromatic heterocycles. The number of nitrogens with zero attached hydrogens (tertiary/aromatic N) is 4. The summed E-state index contributed by atoms with van der Waals surface area (Å²) in [7, 11) is 0. The number of carbonyl (C=O) groups is 1. The Balaban J connectivity index is 1.69. The van der Waals surface area contributed by atoms with Crippen LogP contribution in [0.2, 0.25) is 0 Å². The number of amides is 2. The highest BCUT2D eigenvalue weighted by atomic mass is 19.1. The number of carbonyl (C=O) groups excluding carboxylic acids is 1. The summed E-state index contributed by atoms with van der Waals surface area (Å²) in [6.07, 6.45) is 1.40. The molecule has 1 atom stereocenters. The van der Waals surface area contributed by atoms with E-state index in [2.05, 4.69) is 20.2 Å². The zero-order valence-corrected chi connectivity index (χ0v) is 14.9. The molecule has 1 saturated heterocycles. The summed E-state index contributed by atoms with van der Waals surface area (Å²) < 4.78 is 19.3. The van der Waals surface area contributed by atoms with Gasteiger partial charge in [-0.1, -0.05) is 12.1 Å². The van der Waals surface area contributed by atoms with Crippen molar-refractivity contribution in [3.8, 4) is 11.6 Å². The molecule has 3 rings (SSSR count). The second-order valence-electron chi connectivity index (χ2n) is 6.07. The fourth-order valence-electron chi connectivity index (χ4n) is 2.92. The topological polar surface area (TPSA) is 70.6 Å². The first-order valence-electron chi connectivity index (χ1n) is 8.62.